The van der Waals surface area contributed by atoms with Gasteiger partial charge in [-0.25, -0.2) is 0 Å². The lowest BCUT2D eigenvalue weighted by atomic mass is 9.91. The lowest BCUT2D eigenvalue weighted by molar-refractivity contribution is 0.825. The minimum Gasteiger partial charge on any atom is -0.373 e. The van der Waals surface area contributed by atoms with Gasteiger partial charge in [0.1, 0.15) is 5.84 Å². The van der Waals surface area contributed by atoms with Crippen molar-refractivity contribution in [2.45, 2.75) is 33.1 Å². The van der Waals surface area contributed by atoms with Gasteiger partial charge in [0.05, 0.1) is 6.67 Å². The van der Waals surface area contributed by atoms with Crippen molar-refractivity contribution in [1.82, 2.24) is 10.6 Å². The molecule has 1 rings (SSSR count). The molecule has 0 aromatic heterocycles. The molecular formula is C15H25N3. The van der Waals surface area contributed by atoms with Crippen molar-refractivity contribution < 1.29 is 0 Å². The molecule has 1 aromatic rings. The molecule has 0 fully saturated rings. The number of aliphatic imine (C=N–C) groups is 1. The van der Waals surface area contributed by atoms with Crippen molar-refractivity contribution in [1.29, 1.82) is 0 Å². The van der Waals surface area contributed by atoms with E-state index in [4.69, 9.17) is 0 Å². The predicted octanol–water partition coefficient (Wildman–Crippen LogP) is 2.52. The molecule has 18 heavy (non-hydrogen) atoms. The number of nitrogens with zero attached hydrogens (tertiary/aromatic N) is 1. The van der Waals surface area contributed by atoms with Gasteiger partial charge in [-0.2, -0.15) is 0 Å². The van der Waals surface area contributed by atoms with E-state index in [0.717, 1.165) is 12.3 Å². The Morgan fingerprint density at radius 2 is 2.00 bits per heavy atom. The standard InChI is InChI=1S/C15H25N3/c1-6-12-13(11(2)3)8-7-9-14(12)15(17-5)18-10-16-4/h7-9,11,16H,6,10H2,1-5H3,(H,17,18). The van der Waals surface area contributed by atoms with Crippen LogP contribution in [0, 0.1) is 0 Å². The van der Waals surface area contributed by atoms with Crippen LogP contribution in [-0.4, -0.2) is 26.6 Å². The average molecular weight is 247 g/mol. The SMILES string of the molecule is CCc1c(/C(=N/CNC)NC)cccc1C(C)C. The van der Waals surface area contributed by atoms with E-state index >= 15 is 0 Å². The molecule has 0 spiro atoms. The molecule has 0 aliphatic heterocycles. The quantitative estimate of drug-likeness (QED) is 0.619. The van der Waals surface area contributed by atoms with Crippen LogP contribution in [-0.2, 0) is 6.42 Å². The van der Waals surface area contributed by atoms with Gasteiger partial charge in [0.15, 0.2) is 0 Å². The van der Waals surface area contributed by atoms with E-state index < -0.39 is 0 Å². The van der Waals surface area contributed by atoms with E-state index in [0.29, 0.717) is 12.6 Å². The lowest BCUT2D eigenvalue weighted by Crippen LogP contribution is -2.24. The molecule has 0 aliphatic rings. The normalized spacial score (nSPS) is 12.0. The fourth-order valence-corrected chi connectivity index (χ4v) is 2.22. The van der Waals surface area contributed by atoms with Crippen molar-refractivity contribution in [2.75, 3.05) is 20.8 Å². The van der Waals surface area contributed by atoms with Crippen LogP contribution in [0.15, 0.2) is 23.2 Å². The summed E-state index contributed by atoms with van der Waals surface area (Å²) in [5.41, 5.74) is 4.04. The topological polar surface area (TPSA) is 36.4 Å². The Kier molecular flexibility index (Phi) is 5.86. The Balaban J connectivity index is 3.26. The zero-order valence-electron chi connectivity index (χ0n) is 12.2. The van der Waals surface area contributed by atoms with E-state index in [1.165, 1.54) is 16.7 Å². The van der Waals surface area contributed by atoms with Crippen LogP contribution in [0.4, 0.5) is 0 Å². The molecule has 2 N–H and O–H groups in total. The number of nitrogens with one attached hydrogen (secondary N) is 2. The molecule has 0 atom stereocenters. The smallest absolute Gasteiger partial charge is 0.129 e. The zero-order chi connectivity index (χ0) is 13.5. The highest BCUT2D eigenvalue weighted by atomic mass is 15.0. The minimum atomic E-state index is 0.544. The number of benzene rings is 1. The van der Waals surface area contributed by atoms with Crippen molar-refractivity contribution in [3.05, 3.63) is 34.9 Å². The molecule has 0 heterocycles. The molecule has 0 amide bonds. The Hall–Kier alpha value is -1.35. The van der Waals surface area contributed by atoms with Crippen molar-refractivity contribution in [3.63, 3.8) is 0 Å². The Morgan fingerprint density at radius 3 is 2.50 bits per heavy atom. The lowest BCUT2D eigenvalue weighted by Gasteiger charge is -2.17. The van der Waals surface area contributed by atoms with Gasteiger partial charge in [-0.1, -0.05) is 39.0 Å². The second-order valence-electron chi connectivity index (χ2n) is 4.65. The van der Waals surface area contributed by atoms with Crippen LogP contribution in [0.1, 0.15) is 43.4 Å². The van der Waals surface area contributed by atoms with Gasteiger partial charge >= 0.3 is 0 Å². The molecule has 1 aromatic carbocycles. The molecule has 0 unspecified atom stereocenters. The molecule has 3 heteroatoms. The third-order valence-corrected chi connectivity index (χ3v) is 3.08. The van der Waals surface area contributed by atoms with Gasteiger partial charge in [-0.3, -0.25) is 4.99 Å². The highest BCUT2D eigenvalue weighted by Crippen LogP contribution is 2.23. The van der Waals surface area contributed by atoms with Gasteiger partial charge in [-0.15, -0.1) is 0 Å². The maximum atomic E-state index is 4.53. The summed E-state index contributed by atoms with van der Waals surface area (Å²) in [7, 11) is 3.83. The second kappa shape index (κ2) is 7.17. The predicted molar refractivity (Wildman–Crippen MR) is 79.4 cm³/mol. The number of amidine groups is 1. The molecule has 0 bridgehead atoms. The first-order chi connectivity index (χ1) is 8.65. The third-order valence-electron chi connectivity index (χ3n) is 3.08. The molecule has 0 saturated heterocycles. The van der Waals surface area contributed by atoms with Crippen LogP contribution in [0.5, 0.6) is 0 Å². The van der Waals surface area contributed by atoms with Gasteiger partial charge < -0.3 is 10.6 Å². The molecule has 3 nitrogen and oxygen atoms in total. The highest BCUT2D eigenvalue weighted by molar-refractivity contribution is 6.00. The average Bonchev–Trinajstić information content (AvgIpc) is 2.39. The first kappa shape index (κ1) is 14.7. The maximum Gasteiger partial charge on any atom is 0.129 e. The summed E-state index contributed by atoms with van der Waals surface area (Å²) in [6, 6.07) is 6.49. The molecule has 0 saturated carbocycles. The van der Waals surface area contributed by atoms with Gasteiger partial charge in [0.25, 0.3) is 0 Å². The summed E-state index contributed by atoms with van der Waals surface area (Å²) in [6.07, 6.45) is 1.03. The Labute approximate surface area is 111 Å². The first-order valence-electron chi connectivity index (χ1n) is 6.64. The van der Waals surface area contributed by atoms with E-state index in [1.807, 2.05) is 14.1 Å². The monoisotopic (exact) mass is 247 g/mol. The molecule has 0 radical (unpaired) electrons. The first-order valence-corrected chi connectivity index (χ1v) is 6.64. The van der Waals surface area contributed by atoms with Crippen LogP contribution >= 0.6 is 0 Å². The summed E-state index contributed by atoms with van der Waals surface area (Å²) in [6.45, 7) is 7.31. The number of rotatable bonds is 5. The fourth-order valence-electron chi connectivity index (χ4n) is 2.22. The fraction of sp³-hybridized carbons (Fsp3) is 0.533. The summed E-state index contributed by atoms with van der Waals surface area (Å²) >= 11 is 0. The molecular weight excluding hydrogens is 222 g/mol. The summed E-state index contributed by atoms with van der Waals surface area (Å²) in [5, 5.41) is 6.25. The van der Waals surface area contributed by atoms with Crippen molar-refractivity contribution in [3.8, 4) is 0 Å². The van der Waals surface area contributed by atoms with Crippen LogP contribution in [0.2, 0.25) is 0 Å². The van der Waals surface area contributed by atoms with Gasteiger partial charge in [0.2, 0.25) is 0 Å². The molecule has 0 aliphatic carbocycles. The second-order valence-corrected chi connectivity index (χ2v) is 4.65. The van der Waals surface area contributed by atoms with Crippen LogP contribution in [0.3, 0.4) is 0 Å². The van der Waals surface area contributed by atoms with Crippen molar-refractivity contribution in [2.24, 2.45) is 4.99 Å². The highest BCUT2D eigenvalue weighted by Gasteiger charge is 2.12. The van der Waals surface area contributed by atoms with Crippen LogP contribution < -0.4 is 10.6 Å². The largest absolute Gasteiger partial charge is 0.373 e. The summed E-state index contributed by atoms with van der Waals surface area (Å²) < 4.78 is 0. The van der Waals surface area contributed by atoms with Gasteiger partial charge in [-0.05, 0) is 30.5 Å². The maximum absolute atomic E-state index is 4.53. The zero-order valence-corrected chi connectivity index (χ0v) is 12.2. The van der Waals surface area contributed by atoms with Crippen LogP contribution in [0.25, 0.3) is 0 Å². The Bertz CT molecular complexity index is 408. The van der Waals surface area contributed by atoms with E-state index in [-0.39, 0.29) is 0 Å². The Morgan fingerprint density at radius 1 is 1.28 bits per heavy atom. The number of hydrogen-bond acceptors (Lipinski definition) is 2. The summed E-state index contributed by atoms with van der Waals surface area (Å²) in [4.78, 5) is 4.53. The van der Waals surface area contributed by atoms with Crippen molar-refractivity contribution >= 4 is 5.84 Å². The third kappa shape index (κ3) is 3.33. The van der Waals surface area contributed by atoms with E-state index in [9.17, 15) is 0 Å². The summed E-state index contributed by atoms with van der Waals surface area (Å²) in [5.74, 6) is 1.51. The van der Waals surface area contributed by atoms with E-state index in [2.05, 4.69) is 54.6 Å². The molecule has 100 valence electrons. The number of hydrogen-bond donors (Lipinski definition) is 2. The van der Waals surface area contributed by atoms with Gasteiger partial charge in [0, 0.05) is 12.6 Å². The van der Waals surface area contributed by atoms with E-state index in [1.54, 1.807) is 0 Å². The minimum absolute atomic E-state index is 0.544.